The first-order valence-corrected chi connectivity index (χ1v) is 6.00. The van der Waals surface area contributed by atoms with Crippen LogP contribution in [0.15, 0.2) is 23.3 Å². The molecule has 3 N–H and O–H groups in total. The molecule has 18 heavy (non-hydrogen) atoms. The molecule has 1 unspecified atom stereocenters. The first-order valence-electron chi connectivity index (χ1n) is 5.25. The Labute approximate surface area is 109 Å². The zero-order valence-electron chi connectivity index (χ0n) is 10.5. The average Bonchev–Trinajstić information content (AvgIpc) is 2.84. The van der Waals surface area contributed by atoms with Gasteiger partial charge in [0.15, 0.2) is 11.6 Å². The number of rotatable bonds is 2. The Morgan fingerprint density at radius 1 is 1.39 bits per heavy atom. The second-order valence-electron chi connectivity index (χ2n) is 3.58. The molecule has 2 rings (SSSR count). The summed E-state index contributed by atoms with van der Waals surface area (Å²) in [6.45, 7) is 1.92. The van der Waals surface area contributed by atoms with Crippen LogP contribution < -0.4 is 11.3 Å². The predicted molar refractivity (Wildman–Crippen MR) is 67.5 cm³/mol. The lowest BCUT2D eigenvalue weighted by Gasteiger charge is -2.06. The maximum absolute atomic E-state index is 11.2. The SMILES string of the molecule is CC([NH3+])c1ncnn1-c1ccc(=O)n(C)n1.CCl. The molecule has 98 valence electrons. The monoisotopic (exact) mass is 271 g/mol. The van der Waals surface area contributed by atoms with E-state index in [9.17, 15) is 4.79 Å². The molecule has 1 atom stereocenters. The Hall–Kier alpha value is -1.73. The number of aryl methyl sites for hydroxylation is 1. The molecule has 0 saturated heterocycles. The van der Waals surface area contributed by atoms with Crippen molar-refractivity contribution in [3.05, 3.63) is 34.6 Å². The maximum atomic E-state index is 11.2. The van der Waals surface area contributed by atoms with Crippen molar-refractivity contribution in [1.82, 2.24) is 24.5 Å². The van der Waals surface area contributed by atoms with Crippen molar-refractivity contribution in [2.45, 2.75) is 13.0 Å². The summed E-state index contributed by atoms with van der Waals surface area (Å²) in [5, 5.41) is 8.16. The molecule has 0 spiro atoms. The van der Waals surface area contributed by atoms with Gasteiger partial charge >= 0.3 is 0 Å². The van der Waals surface area contributed by atoms with Crippen LogP contribution in [0.1, 0.15) is 18.8 Å². The molecule has 0 bridgehead atoms. The molecule has 0 aromatic carbocycles. The van der Waals surface area contributed by atoms with Crippen molar-refractivity contribution in [3.8, 4) is 5.82 Å². The van der Waals surface area contributed by atoms with E-state index in [2.05, 4.69) is 32.5 Å². The van der Waals surface area contributed by atoms with Gasteiger partial charge in [-0.2, -0.15) is 9.78 Å². The van der Waals surface area contributed by atoms with Crippen LogP contribution in [-0.2, 0) is 7.05 Å². The molecule has 2 aromatic rings. The average molecular weight is 272 g/mol. The smallest absolute Gasteiger partial charge is 0.266 e. The highest BCUT2D eigenvalue weighted by Gasteiger charge is 2.14. The Morgan fingerprint density at radius 2 is 2.06 bits per heavy atom. The maximum Gasteiger partial charge on any atom is 0.266 e. The first-order chi connectivity index (χ1) is 8.59. The topological polar surface area (TPSA) is 93.2 Å². The summed E-state index contributed by atoms with van der Waals surface area (Å²) >= 11 is 4.64. The van der Waals surface area contributed by atoms with Crippen LogP contribution in [0.5, 0.6) is 0 Å². The lowest BCUT2D eigenvalue weighted by Crippen LogP contribution is -2.52. The van der Waals surface area contributed by atoms with Crippen molar-refractivity contribution in [2.75, 3.05) is 6.38 Å². The minimum Gasteiger partial charge on any atom is -0.349 e. The minimum atomic E-state index is -0.159. The van der Waals surface area contributed by atoms with Gasteiger partial charge in [0.05, 0.1) is 0 Å². The van der Waals surface area contributed by atoms with Gasteiger partial charge in [-0.15, -0.1) is 16.7 Å². The quantitative estimate of drug-likeness (QED) is 0.747. The third-order valence-corrected chi connectivity index (χ3v) is 2.18. The molecule has 0 aliphatic rings. The minimum absolute atomic E-state index is 0.00142. The van der Waals surface area contributed by atoms with E-state index in [1.165, 1.54) is 23.5 Å². The number of quaternary nitrogens is 1. The summed E-state index contributed by atoms with van der Waals surface area (Å²) in [5.41, 5.74) is 3.73. The molecule has 0 fully saturated rings. The summed E-state index contributed by atoms with van der Waals surface area (Å²) < 4.78 is 2.84. The Morgan fingerprint density at radius 3 is 2.61 bits per heavy atom. The molecular formula is C10H16ClN6O+. The first kappa shape index (κ1) is 14.3. The number of halogens is 1. The molecular weight excluding hydrogens is 256 g/mol. The van der Waals surface area contributed by atoms with Gasteiger partial charge in [-0.25, -0.2) is 9.67 Å². The van der Waals surface area contributed by atoms with Gasteiger partial charge in [-0.05, 0) is 13.0 Å². The van der Waals surface area contributed by atoms with Gasteiger partial charge in [0.25, 0.3) is 5.56 Å². The van der Waals surface area contributed by atoms with E-state index in [-0.39, 0.29) is 11.6 Å². The van der Waals surface area contributed by atoms with Crippen molar-refractivity contribution in [2.24, 2.45) is 7.05 Å². The summed E-state index contributed by atoms with van der Waals surface area (Å²) in [5.74, 6) is 1.27. The van der Waals surface area contributed by atoms with Gasteiger partial charge in [-0.3, -0.25) is 4.79 Å². The largest absolute Gasteiger partial charge is 0.349 e. The van der Waals surface area contributed by atoms with Crippen LogP contribution in [0, 0.1) is 0 Å². The fraction of sp³-hybridized carbons (Fsp3) is 0.400. The molecule has 0 aliphatic heterocycles. The summed E-state index contributed by atoms with van der Waals surface area (Å²) in [7, 11) is 1.59. The lowest BCUT2D eigenvalue weighted by molar-refractivity contribution is -0.422. The molecule has 0 aliphatic carbocycles. The van der Waals surface area contributed by atoms with Gasteiger partial charge in [0.1, 0.15) is 12.4 Å². The van der Waals surface area contributed by atoms with Crippen molar-refractivity contribution in [1.29, 1.82) is 0 Å². The van der Waals surface area contributed by atoms with Crippen LogP contribution in [0.2, 0.25) is 0 Å². The van der Waals surface area contributed by atoms with Gasteiger partial charge in [-0.1, -0.05) is 0 Å². The third kappa shape index (κ3) is 2.93. The van der Waals surface area contributed by atoms with Crippen LogP contribution >= 0.6 is 11.6 Å². The number of aromatic nitrogens is 5. The molecule has 0 amide bonds. The number of nitrogens with zero attached hydrogens (tertiary/aromatic N) is 5. The Bertz CT molecular complexity index is 561. The molecule has 0 saturated carbocycles. The number of alkyl halides is 1. The van der Waals surface area contributed by atoms with Crippen molar-refractivity contribution >= 4 is 11.6 Å². The second kappa shape index (κ2) is 6.27. The van der Waals surface area contributed by atoms with Crippen molar-refractivity contribution in [3.63, 3.8) is 0 Å². The van der Waals surface area contributed by atoms with Gasteiger partial charge < -0.3 is 5.73 Å². The van der Waals surface area contributed by atoms with Gasteiger partial charge in [0, 0.05) is 19.5 Å². The summed E-state index contributed by atoms with van der Waals surface area (Å²) in [6.07, 6.45) is 2.92. The molecule has 7 nitrogen and oxygen atoms in total. The van der Waals surface area contributed by atoms with Crippen LogP contribution in [0.3, 0.4) is 0 Å². The van der Waals surface area contributed by atoms with Crippen LogP contribution in [-0.4, -0.2) is 30.9 Å². The summed E-state index contributed by atoms with van der Waals surface area (Å²) in [4.78, 5) is 15.3. The van der Waals surface area contributed by atoms with E-state index in [1.54, 1.807) is 17.8 Å². The highest BCUT2D eigenvalue weighted by atomic mass is 35.5. The van der Waals surface area contributed by atoms with E-state index >= 15 is 0 Å². The van der Waals surface area contributed by atoms with E-state index in [1.807, 2.05) is 6.92 Å². The fourth-order valence-electron chi connectivity index (χ4n) is 1.37. The van der Waals surface area contributed by atoms with Crippen LogP contribution in [0.25, 0.3) is 5.82 Å². The molecule has 0 radical (unpaired) electrons. The van der Waals surface area contributed by atoms with E-state index in [4.69, 9.17) is 0 Å². The van der Waals surface area contributed by atoms with E-state index in [0.717, 1.165) is 0 Å². The number of hydrogen-bond acceptors (Lipinski definition) is 4. The normalized spacial score (nSPS) is 11.6. The zero-order chi connectivity index (χ0) is 13.7. The van der Waals surface area contributed by atoms with E-state index in [0.29, 0.717) is 11.6 Å². The number of hydrogen-bond donors (Lipinski definition) is 1. The molecule has 8 heteroatoms. The summed E-state index contributed by atoms with van der Waals surface area (Å²) in [6, 6.07) is 3.06. The van der Waals surface area contributed by atoms with Gasteiger partial charge in [0.2, 0.25) is 0 Å². The second-order valence-corrected chi connectivity index (χ2v) is 3.58. The highest BCUT2D eigenvalue weighted by molar-refractivity contribution is 6.15. The predicted octanol–water partition coefficient (Wildman–Crippen LogP) is -0.481. The Kier molecular flexibility index (Phi) is 4.99. The molecule has 2 aromatic heterocycles. The lowest BCUT2D eigenvalue weighted by atomic mass is 10.3. The standard InChI is InChI=1S/C9H12N6O.CH3Cl/c1-6(10)9-11-5-12-15(9)7-3-4-8(16)14(2)13-7;1-2/h3-6H,10H2,1-2H3;1H3/p+1. The van der Waals surface area contributed by atoms with Crippen LogP contribution in [0.4, 0.5) is 0 Å². The van der Waals surface area contributed by atoms with E-state index < -0.39 is 0 Å². The third-order valence-electron chi connectivity index (χ3n) is 2.18. The zero-order valence-corrected chi connectivity index (χ0v) is 11.3. The highest BCUT2D eigenvalue weighted by Crippen LogP contribution is 2.07. The van der Waals surface area contributed by atoms with Crippen molar-refractivity contribution < 1.29 is 5.73 Å². The Balaban J connectivity index is 0.000000771. The molecule has 2 heterocycles. The fourth-order valence-corrected chi connectivity index (χ4v) is 1.37.